The molecule has 1 N–H and O–H groups in total. The topological polar surface area (TPSA) is 66.5 Å². The monoisotopic (exact) mass is 422 g/mol. The molecule has 1 amide bonds. The predicted molar refractivity (Wildman–Crippen MR) is 115 cm³/mol. The first-order valence-electron chi connectivity index (χ1n) is 9.19. The van der Waals surface area contributed by atoms with Crippen LogP contribution in [0.3, 0.4) is 0 Å². The highest BCUT2D eigenvalue weighted by Crippen LogP contribution is 2.28. The number of hydrogen-bond acceptors (Lipinski definition) is 3. The quantitative estimate of drug-likeness (QED) is 0.686. The van der Waals surface area contributed by atoms with Crippen molar-refractivity contribution < 1.29 is 13.2 Å². The summed E-state index contributed by atoms with van der Waals surface area (Å²) in [5.74, 6) is -0.105. The summed E-state index contributed by atoms with van der Waals surface area (Å²) >= 11 is 6.14. The van der Waals surface area contributed by atoms with Gasteiger partial charge in [-0.3, -0.25) is 9.10 Å². The van der Waals surface area contributed by atoms with Gasteiger partial charge >= 0.3 is 0 Å². The Balaban J connectivity index is 2.00. The molecule has 0 aliphatic carbocycles. The molecule has 7 heteroatoms. The van der Waals surface area contributed by atoms with Crippen molar-refractivity contribution in [2.24, 2.45) is 0 Å². The Morgan fingerprint density at radius 1 is 1.14 bits per heavy atom. The van der Waals surface area contributed by atoms with Gasteiger partial charge in [-0.15, -0.1) is 0 Å². The van der Waals surface area contributed by atoms with Crippen LogP contribution in [0.1, 0.15) is 42.5 Å². The van der Waals surface area contributed by atoms with Crippen LogP contribution in [0.25, 0.3) is 0 Å². The van der Waals surface area contributed by atoms with E-state index in [1.165, 1.54) is 4.31 Å². The molecule has 2 aromatic carbocycles. The lowest BCUT2D eigenvalue weighted by Crippen LogP contribution is -2.33. The second kappa shape index (κ2) is 9.43. The van der Waals surface area contributed by atoms with E-state index in [1.54, 1.807) is 25.1 Å². The maximum atomic E-state index is 12.3. The number of aryl methyl sites for hydroxylation is 1. The molecule has 0 bridgehead atoms. The number of sulfonamides is 1. The number of amides is 1. The van der Waals surface area contributed by atoms with Crippen LogP contribution < -0.4 is 9.62 Å². The standard InChI is InChI=1S/C21H27ClN2O3S/c1-15-9-5-6-10-18(15)17(3)23-21(25)13-8-14-24(28(4,26)27)20-12-7-11-19(22)16(20)2/h5-7,9-12,17H,8,13-14H2,1-4H3,(H,23,25)/t17-/m0/s1. The van der Waals surface area contributed by atoms with Gasteiger partial charge in [0.25, 0.3) is 0 Å². The Hall–Kier alpha value is -2.05. The van der Waals surface area contributed by atoms with Gasteiger partial charge in [-0.2, -0.15) is 0 Å². The molecule has 2 rings (SSSR count). The molecule has 0 saturated heterocycles. The highest BCUT2D eigenvalue weighted by molar-refractivity contribution is 7.92. The van der Waals surface area contributed by atoms with Gasteiger partial charge in [0.05, 0.1) is 18.0 Å². The van der Waals surface area contributed by atoms with Gasteiger partial charge < -0.3 is 5.32 Å². The van der Waals surface area contributed by atoms with E-state index < -0.39 is 10.0 Å². The van der Waals surface area contributed by atoms with E-state index in [2.05, 4.69) is 5.32 Å². The Morgan fingerprint density at radius 3 is 2.46 bits per heavy atom. The van der Waals surface area contributed by atoms with Crippen molar-refractivity contribution in [3.63, 3.8) is 0 Å². The first-order chi connectivity index (χ1) is 13.1. The van der Waals surface area contributed by atoms with Crippen LogP contribution in [0.4, 0.5) is 5.69 Å². The lowest BCUT2D eigenvalue weighted by molar-refractivity contribution is -0.121. The van der Waals surface area contributed by atoms with E-state index in [0.29, 0.717) is 22.7 Å². The fourth-order valence-corrected chi connectivity index (χ4v) is 4.36. The van der Waals surface area contributed by atoms with Crippen molar-refractivity contribution >= 4 is 33.2 Å². The molecular weight excluding hydrogens is 396 g/mol. The van der Waals surface area contributed by atoms with Crippen LogP contribution in [0.5, 0.6) is 0 Å². The third-order valence-corrected chi connectivity index (χ3v) is 6.30. The highest BCUT2D eigenvalue weighted by atomic mass is 35.5. The number of carbonyl (C=O) groups is 1. The summed E-state index contributed by atoms with van der Waals surface area (Å²) in [5, 5.41) is 3.49. The summed E-state index contributed by atoms with van der Waals surface area (Å²) in [7, 11) is -3.48. The zero-order valence-corrected chi connectivity index (χ0v) is 18.3. The Morgan fingerprint density at radius 2 is 1.82 bits per heavy atom. The van der Waals surface area contributed by atoms with Gasteiger partial charge in [-0.05, 0) is 56.0 Å². The van der Waals surface area contributed by atoms with Crippen molar-refractivity contribution in [1.29, 1.82) is 0 Å². The molecule has 0 spiro atoms. The van der Waals surface area contributed by atoms with Crippen molar-refractivity contribution in [3.8, 4) is 0 Å². The van der Waals surface area contributed by atoms with E-state index >= 15 is 0 Å². The Bertz CT molecular complexity index is 944. The van der Waals surface area contributed by atoms with Crippen LogP contribution >= 0.6 is 11.6 Å². The lowest BCUT2D eigenvalue weighted by Gasteiger charge is -2.24. The minimum Gasteiger partial charge on any atom is -0.350 e. The number of halogens is 1. The van der Waals surface area contributed by atoms with Crippen LogP contribution in [0.15, 0.2) is 42.5 Å². The van der Waals surface area contributed by atoms with Crippen LogP contribution in [0.2, 0.25) is 5.02 Å². The summed E-state index contributed by atoms with van der Waals surface area (Å²) < 4.78 is 25.8. The molecule has 0 aliphatic heterocycles. The van der Waals surface area contributed by atoms with Gasteiger partial charge in [0, 0.05) is 18.0 Å². The van der Waals surface area contributed by atoms with Crippen molar-refractivity contribution in [2.45, 2.75) is 39.7 Å². The third kappa shape index (κ3) is 5.72. The van der Waals surface area contributed by atoms with E-state index in [1.807, 2.05) is 38.1 Å². The molecule has 0 fully saturated rings. The second-order valence-corrected chi connectivity index (χ2v) is 9.28. The maximum Gasteiger partial charge on any atom is 0.232 e. The first-order valence-corrected chi connectivity index (χ1v) is 11.4. The number of anilines is 1. The van der Waals surface area contributed by atoms with Gasteiger partial charge in [-0.25, -0.2) is 8.42 Å². The van der Waals surface area contributed by atoms with Gasteiger partial charge in [0.1, 0.15) is 0 Å². The molecule has 2 aromatic rings. The summed E-state index contributed by atoms with van der Waals surface area (Å²) in [6, 6.07) is 13.0. The van der Waals surface area contributed by atoms with Gasteiger partial charge in [0.15, 0.2) is 0 Å². The molecule has 152 valence electrons. The van der Waals surface area contributed by atoms with E-state index in [4.69, 9.17) is 11.6 Å². The molecule has 5 nitrogen and oxygen atoms in total. The number of benzene rings is 2. The molecular formula is C21H27ClN2O3S. The van der Waals surface area contributed by atoms with Crippen LogP contribution in [0, 0.1) is 13.8 Å². The summed E-state index contributed by atoms with van der Waals surface area (Å²) in [5.41, 5.74) is 3.44. The fraction of sp³-hybridized carbons (Fsp3) is 0.381. The summed E-state index contributed by atoms with van der Waals surface area (Å²) in [6.45, 7) is 5.95. The largest absolute Gasteiger partial charge is 0.350 e. The average Bonchev–Trinajstić information content (AvgIpc) is 2.61. The average molecular weight is 423 g/mol. The number of carbonyl (C=O) groups excluding carboxylic acids is 1. The minimum atomic E-state index is -3.48. The zero-order valence-electron chi connectivity index (χ0n) is 16.7. The summed E-state index contributed by atoms with van der Waals surface area (Å²) in [4.78, 5) is 12.3. The predicted octanol–water partition coefficient (Wildman–Crippen LogP) is 4.38. The number of nitrogens with zero attached hydrogens (tertiary/aromatic N) is 1. The first kappa shape index (κ1) is 22.2. The lowest BCUT2D eigenvalue weighted by atomic mass is 10.0. The second-order valence-electron chi connectivity index (χ2n) is 6.97. The van der Waals surface area contributed by atoms with Crippen molar-refractivity contribution in [2.75, 3.05) is 17.1 Å². The third-order valence-electron chi connectivity index (χ3n) is 4.71. The molecule has 0 radical (unpaired) electrons. The van der Waals surface area contributed by atoms with Crippen LogP contribution in [-0.4, -0.2) is 27.1 Å². The van der Waals surface area contributed by atoms with E-state index in [0.717, 1.165) is 17.4 Å². The van der Waals surface area contributed by atoms with E-state index in [9.17, 15) is 13.2 Å². The Kier molecular flexibility index (Phi) is 7.49. The zero-order chi connectivity index (χ0) is 20.9. The van der Waals surface area contributed by atoms with E-state index in [-0.39, 0.29) is 24.9 Å². The number of rotatable bonds is 8. The number of hydrogen-bond donors (Lipinski definition) is 1. The molecule has 0 heterocycles. The minimum absolute atomic E-state index is 0.102. The molecule has 0 saturated carbocycles. The van der Waals surface area contributed by atoms with Gasteiger partial charge in [-0.1, -0.05) is 41.9 Å². The normalized spacial score (nSPS) is 12.5. The SMILES string of the molecule is Cc1ccccc1[C@H](C)NC(=O)CCCN(c1cccc(Cl)c1C)S(C)(=O)=O. The Labute approximate surface area is 172 Å². The van der Waals surface area contributed by atoms with Crippen molar-refractivity contribution in [3.05, 3.63) is 64.2 Å². The summed E-state index contributed by atoms with van der Waals surface area (Å²) in [6.07, 6.45) is 1.81. The molecule has 0 aliphatic rings. The smallest absolute Gasteiger partial charge is 0.232 e. The maximum absolute atomic E-state index is 12.3. The van der Waals surface area contributed by atoms with Crippen molar-refractivity contribution in [1.82, 2.24) is 5.32 Å². The van der Waals surface area contributed by atoms with Gasteiger partial charge in [0.2, 0.25) is 15.9 Å². The molecule has 1 atom stereocenters. The number of nitrogens with one attached hydrogen (secondary N) is 1. The molecule has 0 aromatic heterocycles. The highest BCUT2D eigenvalue weighted by Gasteiger charge is 2.20. The van der Waals surface area contributed by atoms with Crippen LogP contribution in [-0.2, 0) is 14.8 Å². The fourth-order valence-electron chi connectivity index (χ4n) is 3.18. The molecule has 28 heavy (non-hydrogen) atoms. The molecule has 0 unspecified atom stereocenters.